The summed E-state index contributed by atoms with van der Waals surface area (Å²) in [5, 5.41) is 9.76. The van der Waals surface area contributed by atoms with E-state index in [0.29, 0.717) is 12.4 Å². The molecule has 2 aromatic carbocycles. The van der Waals surface area contributed by atoms with Crippen LogP contribution in [-0.4, -0.2) is 36.2 Å². The number of phenolic OH excluding ortho intramolecular Hbond substituents is 1. The van der Waals surface area contributed by atoms with E-state index in [1.165, 1.54) is 88.2 Å². The minimum absolute atomic E-state index is 0.306. The fourth-order valence-electron chi connectivity index (χ4n) is 4.84. The third-order valence-corrected chi connectivity index (χ3v) is 7.32. The molecule has 0 unspecified atom stereocenters. The molecule has 2 rings (SSSR count). The minimum atomic E-state index is 0.306. The zero-order chi connectivity index (χ0) is 26.6. The molecule has 3 heteroatoms. The van der Waals surface area contributed by atoms with Crippen molar-refractivity contribution in [2.24, 2.45) is 0 Å². The predicted octanol–water partition coefficient (Wildman–Crippen LogP) is 9.64. The van der Waals surface area contributed by atoms with Crippen LogP contribution in [0.2, 0.25) is 0 Å². The van der Waals surface area contributed by atoms with Crippen molar-refractivity contribution in [3.05, 3.63) is 65.7 Å². The molecular formula is C34H53NO2. The molecule has 37 heavy (non-hydrogen) atoms. The van der Waals surface area contributed by atoms with Crippen molar-refractivity contribution in [1.82, 2.24) is 4.90 Å². The predicted molar refractivity (Wildman–Crippen MR) is 161 cm³/mol. The number of benzene rings is 2. The average Bonchev–Trinajstić information content (AvgIpc) is 2.92. The van der Waals surface area contributed by atoms with Crippen LogP contribution in [0.1, 0.15) is 115 Å². The van der Waals surface area contributed by atoms with Crippen LogP contribution in [0.4, 0.5) is 0 Å². The van der Waals surface area contributed by atoms with Crippen LogP contribution < -0.4 is 4.74 Å². The topological polar surface area (TPSA) is 32.7 Å². The number of allylic oxidation sites excluding steroid dienone is 1. The van der Waals surface area contributed by atoms with Crippen LogP contribution in [0.5, 0.6) is 11.5 Å². The lowest BCUT2D eigenvalue weighted by atomic mass is 9.96. The van der Waals surface area contributed by atoms with Gasteiger partial charge in [-0.1, -0.05) is 122 Å². The van der Waals surface area contributed by atoms with E-state index in [4.69, 9.17) is 4.74 Å². The van der Waals surface area contributed by atoms with Crippen molar-refractivity contribution >= 4 is 5.57 Å². The van der Waals surface area contributed by atoms with Crippen molar-refractivity contribution in [1.29, 1.82) is 0 Å². The molecule has 2 aromatic rings. The Morgan fingerprint density at radius 3 is 1.68 bits per heavy atom. The van der Waals surface area contributed by atoms with Crippen molar-refractivity contribution in [2.75, 3.05) is 26.2 Å². The second kappa shape index (κ2) is 19.8. The molecule has 3 nitrogen and oxygen atoms in total. The highest BCUT2D eigenvalue weighted by Gasteiger charge is 2.07. The van der Waals surface area contributed by atoms with E-state index in [2.05, 4.69) is 56.0 Å². The van der Waals surface area contributed by atoms with E-state index in [-0.39, 0.29) is 0 Å². The third kappa shape index (κ3) is 13.2. The molecule has 0 aliphatic heterocycles. The summed E-state index contributed by atoms with van der Waals surface area (Å²) in [4.78, 5) is 2.37. The summed E-state index contributed by atoms with van der Waals surface area (Å²) in [6.07, 6.45) is 19.9. The van der Waals surface area contributed by atoms with E-state index in [1.54, 1.807) is 12.1 Å². The highest BCUT2D eigenvalue weighted by Crippen LogP contribution is 2.28. The van der Waals surface area contributed by atoms with Gasteiger partial charge < -0.3 is 14.7 Å². The van der Waals surface area contributed by atoms with E-state index in [9.17, 15) is 5.11 Å². The Balaban J connectivity index is 1.80. The van der Waals surface area contributed by atoms with Gasteiger partial charge in [-0.3, -0.25) is 0 Å². The van der Waals surface area contributed by atoms with E-state index >= 15 is 0 Å². The Hall–Kier alpha value is -2.26. The zero-order valence-electron chi connectivity index (χ0n) is 24.0. The molecule has 0 amide bonds. The van der Waals surface area contributed by atoms with Crippen LogP contribution in [0.3, 0.4) is 0 Å². The molecule has 0 aliphatic carbocycles. The van der Waals surface area contributed by atoms with Crippen LogP contribution in [0, 0.1) is 0 Å². The quantitative estimate of drug-likeness (QED) is 0.171. The standard InChI is InChI=1S/C34H53NO2/c1-4-7-8-9-10-11-12-13-14-15-16-17-18-19-34(30-20-24-32(36)25-21-30)31-22-26-33(27-23-31)37-29-28-35(5-2)6-3/h19-27,36H,4-18,28-29H2,1-3H3/b34-19+. The number of rotatable bonds is 21. The van der Waals surface area contributed by atoms with Gasteiger partial charge in [-0.05, 0) is 66.9 Å². The van der Waals surface area contributed by atoms with Crippen LogP contribution in [-0.2, 0) is 0 Å². The Morgan fingerprint density at radius 2 is 1.16 bits per heavy atom. The van der Waals surface area contributed by atoms with Gasteiger partial charge >= 0.3 is 0 Å². The number of nitrogens with zero attached hydrogens (tertiary/aromatic N) is 1. The van der Waals surface area contributed by atoms with E-state index in [1.807, 2.05) is 12.1 Å². The monoisotopic (exact) mass is 507 g/mol. The maximum Gasteiger partial charge on any atom is 0.119 e. The largest absolute Gasteiger partial charge is 0.508 e. The number of aromatic hydroxyl groups is 1. The number of ether oxygens (including phenoxy) is 1. The van der Waals surface area contributed by atoms with Crippen molar-refractivity contribution in [2.45, 2.75) is 104 Å². The number of hydrogen-bond acceptors (Lipinski definition) is 3. The molecule has 0 atom stereocenters. The minimum Gasteiger partial charge on any atom is -0.508 e. The van der Waals surface area contributed by atoms with Crippen molar-refractivity contribution in [3.63, 3.8) is 0 Å². The molecule has 206 valence electrons. The first-order chi connectivity index (χ1) is 18.2. The molecule has 0 aromatic heterocycles. The SMILES string of the molecule is CCCCCCCCCCCCCC/C=C(\c1ccc(O)cc1)c1ccc(OCCN(CC)CC)cc1. The summed E-state index contributed by atoms with van der Waals surface area (Å²) in [5.41, 5.74) is 3.57. The number of likely N-dealkylation sites (N-methyl/N-ethyl adjacent to an activating group) is 1. The van der Waals surface area contributed by atoms with Gasteiger partial charge in [-0.2, -0.15) is 0 Å². The van der Waals surface area contributed by atoms with Gasteiger partial charge in [0.2, 0.25) is 0 Å². The summed E-state index contributed by atoms with van der Waals surface area (Å²) >= 11 is 0. The molecule has 0 heterocycles. The highest BCUT2D eigenvalue weighted by molar-refractivity contribution is 5.80. The Morgan fingerprint density at radius 1 is 0.676 bits per heavy atom. The zero-order valence-corrected chi connectivity index (χ0v) is 24.0. The van der Waals surface area contributed by atoms with E-state index < -0.39 is 0 Å². The first-order valence-corrected chi connectivity index (χ1v) is 15.1. The van der Waals surface area contributed by atoms with Gasteiger partial charge in [0.05, 0.1) is 0 Å². The number of phenols is 1. The molecule has 1 N–H and O–H groups in total. The summed E-state index contributed by atoms with van der Waals surface area (Å²) in [7, 11) is 0. The molecule has 0 aliphatic rings. The lowest BCUT2D eigenvalue weighted by Gasteiger charge is -2.18. The molecule has 0 saturated carbocycles. The third-order valence-electron chi connectivity index (χ3n) is 7.32. The average molecular weight is 508 g/mol. The molecule has 0 spiro atoms. The first kappa shape index (κ1) is 31.0. The Labute approximate surface area is 227 Å². The normalized spacial score (nSPS) is 11.8. The van der Waals surface area contributed by atoms with Crippen LogP contribution >= 0.6 is 0 Å². The second-order valence-electron chi connectivity index (χ2n) is 10.2. The van der Waals surface area contributed by atoms with Crippen molar-refractivity contribution < 1.29 is 9.84 Å². The molecule has 0 radical (unpaired) electrons. The van der Waals surface area contributed by atoms with Gasteiger partial charge in [0.25, 0.3) is 0 Å². The lowest BCUT2D eigenvalue weighted by Crippen LogP contribution is -2.27. The van der Waals surface area contributed by atoms with E-state index in [0.717, 1.165) is 37.4 Å². The Bertz CT molecular complexity index is 837. The maximum atomic E-state index is 9.76. The van der Waals surface area contributed by atoms with Crippen molar-refractivity contribution in [3.8, 4) is 11.5 Å². The molecule has 0 bridgehead atoms. The van der Waals surface area contributed by atoms with Crippen LogP contribution in [0.15, 0.2) is 54.6 Å². The van der Waals surface area contributed by atoms with Gasteiger partial charge in [0.1, 0.15) is 18.1 Å². The van der Waals surface area contributed by atoms with Gasteiger partial charge in [-0.25, -0.2) is 0 Å². The number of hydrogen-bond donors (Lipinski definition) is 1. The second-order valence-corrected chi connectivity index (χ2v) is 10.2. The maximum absolute atomic E-state index is 9.76. The van der Waals surface area contributed by atoms with Crippen LogP contribution in [0.25, 0.3) is 5.57 Å². The summed E-state index contributed by atoms with van der Waals surface area (Å²) in [6, 6.07) is 16.1. The highest BCUT2D eigenvalue weighted by atomic mass is 16.5. The lowest BCUT2D eigenvalue weighted by molar-refractivity contribution is 0.223. The fraction of sp³-hybridized carbons (Fsp3) is 0.588. The smallest absolute Gasteiger partial charge is 0.119 e. The molecule has 0 fully saturated rings. The Kier molecular flexibility index (Phi) is 16.6. The first-order valence-electron chi connectivity index (χ1n) is 15.1. The van der Waals surface area contributed by atoms with Gasteiger partial charge in [0.15, 0.2) is 0 Å². The summed E-state index contributed by atoms with van der Waals surface area (Å²) in [6.45, 7) is 10.4. The molecular weight excluding hydrogens is 454 g/mol. The van der Waals surface area contributed by atoms with Gasteiger partial charge in [-0.15, -0.1) is 0 Å². The number of unbranched alkanes of at least 4 members (excludes halogenated alkanes) is 12. The summed E-state index contributed by atoms with van der Waals surface area (Å²) < 4.78 is 5.98. The molecule has 0 saturated heterocycles. The fourth-order valence-corrected chi connectivity index (χ4v) is 4.84. The summed E-state index contributed by atoms with van der Waals surface area (Å²) in [5.74, 6) is 1.22. The van der Waals surface area contributed by atoms with Gasteiger partial charge in [0, 0.05) is 6.54 Å².